The smallest absolute Gasteiger partial charge is 0.146 e. The summed E-state index contributed by atoms with van der Waals surface area (Å²) in [6, 6.07) is 6.78. The van der Waals surface area contributed by atoms with Crippen LogP contribution in [0.1, 0.15) is 28.9 Å². The summed E-state index contributed by atoms with van der Waals surface area (Å²) in [5, 5.41) is 81.1. The average molecular weight is 434 g/mol. The first-order valence-corrected chi connectivity index (χ1v) is 9.49. The number of hydrogen-bond donors (Lipinski definition) is 8. The lowest BCUT2D eigenvalue weighted by atomic mass is 9.88. The number of phenols is 3. The fraction of sp³-hybridized carbons (Fsp3) is 0.333. The Kier molecular flexibility index (Phi) is 5.52. The van der Waals surface area contributed by atoms with Gasteiger partial charge in [0.25, 0.3) is 0 Å². The van der Waals surface area contributed by atoms with Gasteiger partial charge in [-0.1, -0.05) is 0 Å². The molecule has 166 valence electrons. The summed E-state index contributed by atoms with van der Waals surface area (Å²) in [5.74, 6) is -1.09. The van der Waals surface area contributed by atoms with Crippen molar-refractivity contribution in [2.75, 3.05) is 6.61 Å². The van der Waals surface area contributed by atoms with E-state index < -0.39 is 54.7 Å². The van der Waals surface area contributed by atoms with Crippen LogP contribution in [0, 0.1) is 0 Å². The van der Waals surface area contributed by atoms with Crippen LogP contribution in [0.2, 0.25) is 0 Å². The Morgan fingerprint density at radius 3 is 2.10 bits per heavy atom. The average Bonchev–Trinajstić information content (AvgIpc) is 2.73. The van der Waals surface area contributed by atoms with Gasteiger partial charge in [0.05, 0.1) is 17.7 Å². The number of aliphatic hydroxyl groups excluding tert-OH is 5. The third-order valence-corrected chi connectivity index (χ3v) is 5.46. The van der Waals surface area contributed by atoms with E-state index in [0.29, 0.717) is 5.56 Å². The minimum absolute atomic E-state index is 0.0124. The molecule has 0 aliphatic carbocycles. The lowest BCUT2D eigenvalue weighted by molar-refractivity contribution is -0.232. The quantitative estimate of drug-likeness (QED) is 0.322. The van der Waals surface area contributed by atoms with Crippen LogP contribution in [-0.4, -0.2) is 71.9 Å². The minimum atomic E-state index is -1.72. The fourth-order valence-corrected chi connectivity index (χ4v) is 3.83. The van der Waals surface area contributed by atoms with Gasteiger partial charge < -0.3 is 50.3 Å². The van der Waals surface area contributed by atoms with Crippen LogP contribution in [0.5, 0.6) is 23.0 Å². The van der Waals surface area contributed by atoms with Gasteiger partial charge in [0.15, 0.2) is 0 Å². The maximum atomic E-state index is 10.6. The highest BCUT2D eigenvalue weighted by atomic mass is 16.5. The number of fused-ring (bicyclic) bond motifs is 1. The molecule has 2 heterocycles. The third-order valence-electron chi connectivity index (χ3n) is 5.46. The topological polar surface area (TPSA) is 180 Å². The monoisotopic (exact) mass is 434 g/mol. The number of aliphatic hydroxyl groups is 5. The van der Waals surface area contributed by atoms with E-state index in [1.807, 2.05) is 0 Å². The molecule has 31 heavy (non-hydrogen) atoms. The van der Waals surface area contributed by atoms with Crippen LogP contribution in [-0.2, 0) is 4.74 Å². The van der Waals surface area contributed by atoms with Crippen LogP contribution in [0.25, 0.3) is 5.76 Å². The standard InChI is InChI=1S/C21H22O10/c22-7-14-17(27)18(28)19(29)21(31-14)16-11(25)5-10(24)15-12(26)6-13(30-20(15)16)8-1-3-9(23)4-2-8/h1-6,12,14,17-19,21-29H,7H2/t12-,14?,17?,18?,19?,21?/m1/s1. The van der Waals surface area contributed by atoms with Crippen LogP contribution in [0.3, 0.4) is 0 Å². The first-order valence-electron chi connectivity index (χ1n) is 9.49. The van der Waals surface area contributed by atoms with E-state index in [9.17, 15) is 40.9 Å². The van der Waals surface area contributed by atoms with Gasteiger partial charge in [0.2, 0.25) is 0 Å². The number of phenolic OH excluding ortho intramolecular Hbond substituents is 3. The van der Waals surface area contributed by atoms with E-state index in [2.05, 4.69) is 0 Å². The molecule has 4 rings (SSSR count). The van der Waals surface area contributed by atoms with E-state index in [1.54, 1.807) is 0 Å². The van der Waals surface area contributed by atoms with E-state index in [-0.39, 0.29) is 28.4 Å². The lowest BCUT2D eigenvalue weighted by Crippen LogP contribution is -2.55. The fourth-order valence-electron chi connectivity index (χ4n) is 3.83. The zero-order valence-electron chi connectivity index (χ0n) is 16.0. The van der Waals surface area contributed by atoms with E-state index in [1.165, 1.54) is 30.3 Å². The van der Waals surface area contributed by atoms with Gasteiger partial charge in [-0.15, -0.1) is 0 Å². The molecule has 0 bridgehead atoms. The van der Waals surface area contributed by atoms with Crippen molar-refractivity contribution in [3.05, 3.63) is 53.1 Å². The molecule has 2 aliphatic rings. The first-order chi connectivity index (χ1) is 14.7. The van der Waals surface area contributed by atoms with Crippen molar-refractivity contribution in [3.8, 4) is 23.0 Å². The SMILES string of the molecule is OCC1OC(c2c(O)cc(O)c3c2OC(c2ccc(O)cc2)=C[C@H]3O)C(O)C(O)C1O. The van der Waals surface area contributed by atoms with Crippen LogP contribution in [0.4, 0.5) is 0 Å². The van der Waals surface area contributed by atoms with Crippen LogP contribution < -0.4 is 4.74 Å². The second kappa shape index (κ2) is 8.00. The molecule has 2 aromatic rings. The van der Waals surface area contributed by atoms with E-state index in [0.717, 1.165) is 6.07 Å². The van der Waals surface area contributed by atoms with E-state index >= 15 is 0 Å². The third kappa shape index (κ3) is 3.59. The summed E-state index contributed by atoms with van der Waals surface area (Å²) >= 11 is 0. The van der Waals surface area contributed by atoms with Gasteiger partial charge in [-0.3, -0.25) is 0 Å². The van der Waals surface area contributed by atoms with Crippen molar-refractivity contribution in [1.82, 2.24) is 0 Å². The molecule has 0 saturated carbocycles. The highest BCUT2D eigenvalue weighted by Crippen LogP contribution is 2.51. The molecule has 0 spiro atoms. The Bertz CT molecular complexity index is 1000. The Morgan fingerprint density at radius 1 is 0.806 bits per heavy atom. The second-order valence-corrected chi connectivity index (χ2v) is 7.45. The maximum Gasteiger partial charge on any atom is 0.146 e. The van der Waals surface area contributed by atoms with Crippen molar-refractivity contribution < 1.29 is 50.3 Å². The van der Waals surface area contributed by atoms with Crippen molar-refractivity contribution in [1.29, 1.82) is 0 Å². The summed E-state index contributed by atoms with van der Waals surface area (Å²) in [7, 11) is 0. The zero-order valence-corrected chi connectivity index (χ0v) is 16.0. The minimum Gasteiger partial charge on any atom is -0.508 e. The molecule has 1 saturated heterocycles. The van der Waals surface area contributed by atoms with Gasteiger partial charge in [-0.05, 0) is 30.3 Å². The van der Waals surface area contributed by atoms with Crippen molar-refractivity contribution >= 4 is 5.76 Å². The number of aromatic hydroxyl groups is 3. The van der Waals surface area contributed by atoms with Crippen molar-refractivity contribution in [2.45, 2.75) is 36.6 Å². The Hall–Kier alpha value is -2.86. The largest absolute Gasteiger partial charge is 0.508 e. The molecule has 0 radical (unpaired) electrons. The predicted octanol–water partition coefficient (Wildman–Crippen LogP) is -0.215. The molecule has 0 amide bonds. The Labute approximate surface area is 176 Å². The summed E-state index contributed by atoms with van der Waals surface area (Å²) in [6.45, 7) is -0.676. The molecular formula is C21H22O10. The molecule has 2 aliphatic heterocycles. The molecule has 10 heteroatoms. The number of hydrogen-bond acceptors (Lipinski definition) is 10. The Morgan fingerprint density at radius 2 is 1.45 bits per heavy atom. The van der Waals surface area contributed by atoms with Crippen molar-refractivity contribution in [2.24, 2.45) is 0 Å². The maximum absolute atomic E-state index is 10.6. The highest BCUT2D eigenvalue weighted by Gasteiger charge is 2.47. The van der Waals surface area contributed by atoms with Gasteiger partial charge in [-0.2, -0.15) is 0 Å². The molecule has 5 unspecified atom stereocenters. The summed E-state index contributed by atoms with van der Waals surface area (Å²) < 4.78 is 11.4. The summed E-state index contributed by atoms with van der Waals surface area (Å²) in [6.07, 6.45) is -7.80. The normalized spacial score (nSPS) is 30.3. The number of ether oxygens (including phenoxy) is 2. The van der Waals surface area contributed by atoms with Crippen molar-refractivity contribution in [3.63, 3.8) is 0 Å². The predicted molar refractivity (Wildman–Crippen MR) is 104 cm³/mol. The lowest BCUT2D eigenvalue weighted by Gasteiger charge is -2.41. The molecular weight excluding hydrogens is 412 g/mol. The highest BCUT2D eigenvalue weighted by molar-refractivity contribution is 5.71. The molecule has 6 atom stereocenters. The van der Waals surface area contributed by atoms with Gasteiger partial charge in [0.1, 0.15) is 65.4 Å². The van der Waals surface area contributed by atoms with Gasteiger partial charge >= 0.3 is 0 Å². The summed E-state index contributed by atoms with van der Waals surface area (Å²) in [5.41, 5.74) is 0.172. The molecule has 10 nitrogen and oxygen atoms in total. The summed E-state index contributed by atoms with van der Waals surface area (Å²) in [4.78, 5) is 0. The number of benzene rings is 2. The van der Waals surface area contributed by atoms with Gasteiger partial charge in [-0.25, -0.2) is 0 Å². The zero-order chi connectivity index (χ0) is 22.4. The number of rotatable bonds is 3. The second-order valence-electron chi connectivity index (χ2n) is 7.45. The van der Waals surface area contributed by atoms with Crippen LogP contribution >= 0.6 is 0 Å². The Balaban J connectivity index is 1.82. The van der Waals surface area contributed by atoms with Gasteiger partial charge in [0, 0.05) is 11.6 Å². The molecule has 0 aromatic heterocycles. The molecule has 2 aromatic carbocycles. The van der Waals surface area contributed by atoms with E-state index in [4.69, 9.17) is 9.47 Å². The molecule has 8 N–H and O–H groups in total. The molecule has 1 fully saturated rings. The first kappa shape index (κ1) is 21.4. The van der Waals surface area contributed by atoms with Crippen LogP contribution in [0.15, 0.2) is 36.4 Å².